The molecule has 9 nitrogen and oxygen atoms in total. The summed E-state index contributed by atoms with van der Waals surface area (Å²) in [6.45, 7) is 2.03. The molecular weight excluding hydrogens is 395 g/mol. The first kappa shape index (κ1) is 21.2. The Kier molecular flexibility index (Phi) is 6.91. The number of non-ortho nitro benzene ring substituents is 1. The van der Waals surface area contributed by atoms with Gasteiger partial charge in [0, 0.05) is 44.0 Å². The van der Waals surface area contributed by atoms with Gasteiger partial charge in [-0.05, 0) is 36.4 Å². The third-order valence-corrected chi connectivity index (χ3v) is 4.63. The number of nitro benzene ring substituents is 1. The zero-order chi connectivity index (χ0) is 21.5. The summed E-state index contributed by atoms with van der Waals surface area (Å²) in [5.74, 6) is -0.386. The van der Waals surface area contributed by atoms with E-state index in [0.717, 1.165) is 0 Å². The lowest BCUT2D eigenvalue weighted by Gasteiger charge is -2.34. The van der Waals surface area contributed by atoms with Crippen LogP contribution >= 0.6 is 0 Å². The van der Waals surface area contributed by atoms with Crippen LogP contribution in [0.3, 0.4) is 0 Å². The quantitative estimate of drug-likeness (QED) is 0.546. The third kappa shape index (κ3) is 5.98. The number of nitro groups is 1. The molecule has 2 aromatic rings. The van der Waals surface area contributed by atoms with Crippen LogP contribution in [0.1, 0.15) is 0 Å². The smallest absolute Gasteiger partial charge is 0.269 e. The highest BCUT2D eigenvalue weighted by Crippen LogP contribution is 2.17. The van der Waals surface area contributed by atoms with Gasteiger partial charge in [0.05, 0.1) is 11.5 Å². The van der Waals surface area contributed by atoms with Gasteiger partial charge in [-0.3, -0.25) is 24.6 Å². The van der Waals surface area contributed by atoms with Crippen LogP contribution in [0, 0.1) is 15.9 Å². The van der Waals surface area contributed by atoms with Crippen LogP contribution < -0.4 is 10.1 Å². The summed E-state index contributed by atoms with van der Waals surface area (Å²) in [5, 5.41) is 13.4. The SMILES string of the molecule is O=C(CN1CCN(C(=O)COc2ccc([N+](=O)[O-])cc2)CC1)Nc1ccc(F)cc1. The molecule has 158 valence electrons. The highest BCUT2D eigenvalue weighted by Gasteiger charge is 2.22. The van der Waals surface area contributed by atoms with Crippen LogP contribution in [0.4, 0.5) is 15.8 Å². The third-order valence-electron chi connectivity index (χ3n) is 4.63. The molecule has 0 radical (unpaired) electrons. The average Bonchev–Trinajstić information content (AvgIpc) is 2.74. The Hall–Kier alpha value is -3.53. The van der Waals surface area contributed by atoms with Crippen molar-refractivity contribution in [3.8, 4) is 5.75 Å². The van der Waals surface area contributed by atoms with Gasteiger partial charge in [-0.15, -0.1) is 0 Å². The number of nitrogens with one attached hydrogen (secondary N) is 1. The summed E-state index contributed by atoms with van der Waals surface area (Å²) in [4.78, 5) is 38.1. The molecule has 0 aliphatic carbocycles. The Morgan fingerprint density at radius 2 is 1.67 bits per heavy atom. The van der Waals surface area contributed by atoms with E-state index in [4.69, 9.17) is 4.74 Å². The second-order valence-electron chi connectivity index (χ2n) is 6.75. The minimum atomic E-state index is -0.506. The number of hydrogen-bond donors (Lipinski definition) is 1. The molecule has 2 aromatic carbocycles. The summed E-state index contributed by atoms with van der Waals surface area (Å²) in [6.07, 6.45) is 0. The zero-order valence-corrected chi connectivity index (χ0v) is 16.1. The number of ether oxygens (including phenoxy) is 1. The van der Waals surface area contributed by atoms with E-state index >= 15 is 0 Å². The standard InChI is InChI=1S/C20H21FN4O5/c21-15-1-3-16(4-2-15)22-19(26)13-23-9-11-24(12-10-23)20(27)14-30-18-7-5-17(6-8-18)25(28)29/h1-8H,9-14H2,(H,22,26). The van der Waals surface area contributed by atoms with Gasteiger partial charge in [-0.1, -0.05) is 0 Å². The lowest BCUT2D eigenvalue weighted by Crippen LogP contribution is -2.51. The van der Waals surface area contributed by atoms with Crippen molar-refractivity contribution in [3.05, 3.63) is 64.5 Å². The number of carbonyl (C=O) groups excluding carboxylic acids is 2. The highest BCUT2D eigenvalue weighted by atomic mass is 19.1. The maximum absolute atomic E-state index is 12.9. The second kappa shape index (κ2) is 9.79. The Morgan fingerprint density at radius 3 is 2.27 bits per heavy atom. The monoisotopic (exact) mass is 416 g/mol. The number of rotatable bonds is 7. The molecule has 3 rings (SSSR count). The Labute approximate surface area is 172 Å². The van der Waals surface area contributed by atoms with Crippen LogP contribution in [0.15, 0.2) is 48.5 Å². The van der Waals surface area contributed by atoms with Crippen molar-refractivity contribution in [1.82, 2.24) is 9.80 Å². The van der Waals surface area contributed by atoms with Crippen molar-refractivity contribution in [1.29, 1.82) is 0 Å². The molecule has 0 saturated carbocycles. The largest absolute Gasteiger partial charge is 0.484 e. The molecule has 10 heteroatoms. The molecule has 0 unspecified atom stereocenters. The lowest BCUT2D eigenvalue weighted by atomic mass is 10.3. The fraction of sp³-hybridized carbons (Fsp3) is 0.300. The fourth-order valence-corrected chi connectivity index (χ4v) is 2.99. The van der Waals surface area contributed by atoms with E-state index in [9.17, 15) is 24.1 Å². The summed E-state index contributed by atoms with van der Waals surface area (Å²) < 4.78 is 18.3. The van der Waals surface area contributed by atoms with E-state index in [1.165, 1.54) is 48.5 Å². The number of nitrogens with zero attached hydrogens (tertiary/aromatic N) is 3. The number of anilines is 1. The van der Waals surface area contributed by atoms with Gasteiger partial charge in [-0.2, -0.15) is 0 Å². The topological polar surface area (TPSA) is 105 Å². The molecule has 1 fully saturated rings. The van der Waals surface area contributed by atoms with E-state index in [-0.39, 0.29) is 36.5 Å². The number of amides is 2. The van der Waals surface area contributed by atoms with Gasteiger partial charge in [-0.25, -0.2) is 4.39 Å². The van der Waals surface area contributed by atoms with Crippen LogP contribution in [0.2, 0.25) is 0 Å². The number of halogens is 1. The van der Waals surface area contributed by atoms with Crippen molar-refractivity contribution in [2.24, 2.45) is 0 Å². The first-order chi connectivity index (χ1) is 14.4. The van der Waals surface area contributed by atoms with Gasteiger partial charge in [0.25, 0.3) is 11.6 Å². The summed E-state index contributed by atoms with van der Waals surface area (Å²) in [6, 6.07) is 11.1. The van der Waals surface area contributed by atoms with Crippen molar-refractivity contribution in [2.45, 2.75) is 0 Å². The molecule has 1 N–H and O–H groups in total. The maximum atomic E-state index is 12.9. The second-order valence-corrected chi connectivity index (χ2v) is 6.75. The molecule has 0 spiro atoms. The van der Waals surface area contributed by atoms with Crippen LogP contribution in [0.25, 0.3) is 0 Å². The normalized spacial score (nSPS) is 14.2. The predicted octanol–water partition coefficient (Wildman–Crippen LogP) is 1.90. The Morgan fingerprint density at radius 1 is 1.03 bits per heavy atom. The molecule has 1 heterocycles. The maximum Gasteiger partial charge on any atom is 0.269 e. The number of hydrogen-bond acceptors (Lipinski definition) is 6. The zero-order valence-electron chi connectivity index (χ0n) is 16.1. The molecule has 1 saturated heterocycles. The minimum Gasteiger partial charge on any atom is -0.484 e. The van der Waals surface area contributed by atoms with E-state index < -0.39 is 4.92 Å². The molecule has 2 amide bonds. The van der Waals surface area contributed by atoms with Crippen LogP contribution in [-0.2, 0) is 9.59 Å². The van der Waals surface area contributed by atoms with Gasteiger partial charge in [0.2, 0.25) is 5.91 Å². The first-order valence-electron chi connectivity index (χ1n) is 9.33. The number of piperazine rings is 1. The molecule has 1 aliphatic rings. The molecule has 1 aliphatic heterocycles. The number of benzene rings is 2. The van der Waals surface area contributed by atoms with E-state index in [1.54, 1.807) is 4.90 Å². The van der Waals surface area contributed by atoms with Crippen LogP contribution in [0.5, 0.6) is 5.75 Å². The molecule has 0 aromatic heterocycles. The average molecular weight is 416 g/mol. The van der Waals surface area contributed by atoms with E-state index in [0.29, 0.717) is 37.6 Å². The highest BCUT2D eigenvalue weighted by molar-refractivity contribution is 5.92. The van der Waals surface area contributed by atoms with Gasteiger partial charge in [0.15, 0.2) is 6.61 Å². The van der Waals surface area contributed by atoms with Crippen molar-refractivity contribution < 1.29 is 23.6 Å². The lowest BCUT2D eigenvalue weighted by molar-refractivity contribution is -0.384. The van der Waals surface area contributed by atoms with Crippen molar-refractivity contribution in [3.63, 3.8) is 0 Å². The molecule has 0 bridgehead atoms. The number of carbonyl (C=O) groups is 2. The summed E-state index contributed by atoms with van der Waals surface area (Å²) >= 11 is 0. The Bertz CT molecular complexity index is 896. The summed E-state index contributed by atoms with van der Waals surface area (Å²) in [5.41, 5.74) is 0.479. The molecular formula is C20H21FN4O5. The van der Waals surface area contributed by atoms with Crippen molar-refractivity contribution in [2.75, 3.05) is 44.6 Å². The summed E-state index contributed by atoms with van der Waals surface area (Å²) in [7, 11) is 0. The molecule has 30 heavy (non-hydrogen) atoms. The van der Waals surface area contributed by atoms with E-state index in [2.05, 4.69) is 5.32 Å². The molecule has 0 atom stereocenters. The van der Waals surface area contributed by atoms with Crippen molar-refractivity contribution >= 4 is 23.2 Å². The van der Waals surface area contributed by atoms with E-state index in [1.807, 2.05) is 4.90 Å². The first-order valence-corrected chi connectivity index (χ1v) is 9.33. The Balaban J connectivity index is 1.38. The predicted molar refractivity (Wildman–Crippen MR) is 107 cm³/mol. The van der Waals surface area contributed by atoms with Gasteiger partial charge in [0.1, 0.15) is 11.6 Å². The fourth-order valence-electron chi connectivity index (χ4n) is 2.99. The minimum absolute atomic E-state index is 0.0479. The van der Waals surface area contributed by atoms with Gasteiger partial charge >= 0.3 is 0 Å². The van der Waals surface area contributed by atoms with Gasteiger partial charge < -0.3 is 15.0 Å². The van der Waals surface area contributed by atoms with Crippen LogP contribution in [-0.4, -0.2) is 65.9 Å².